The normalized spacial score (nSPS) is 13.9. The van der Waals surface area contributed by atoms with Gasteiger partial charge in [0.2, 0.25) is 5.91 Å². The molecule has 0 aliphatic carbocycles. The number of phenolic OH excluding ortho intramolecular Hbond substituents is 1. The van der Waals surface area contributed by atoms with E-state index in [4.69, 9.17) is 10.6 Å². The van der Waals surface area contributed by atoms with E-state index < -0.39 is 5.60 Å². The maximum Gasteiger partial charge on any atom is 0.306 e. The van der Waals surface area contributed by atoms with E-state index in [2.05, 4.69) is 5.43 Å². The second-order valence-corrected chi connectivity index (χ2v) is 7.17. The van der Waals surface area contributed by atoms with Crippen LogP contribution in [0.3, 0.4) is 0 Å². The molecular weight excluding hydrogens is 308 g/mol. The number of hydrogen-bond acceptors (Lipinski definition) is 5. The molecule has 0 unspecified atom stereocenters. The van der Waals surface area contributed by atoms with E-state index in [1.54, 1.807) is 19.1 Å². The van der Waals surface area contributed by atoms with Crippen molar-refractivity contribution in [3.05, 3.63) is 29.8 Å². The quantitative estimate of drug-likeness (QED) is 0.307. The van der Waals surface area contributed by atoms with Gasteiger partial charge in [-0.25, -0.2) is 5.84 Å². The van der Waals surface area contributed by atoms with Crippen molar-refractivity contribution in [1.29, 1.82) is 0 Å². The summed E-state index contributed by atoms with van der Waals surface area (Å²) in [6, 6.07) is 6.84. The van der Waals surface area contributed by atoms with Crippen LogP contribution < -0.4 is 11.3 Å². The maximum atomic E-state index is 12.1. The van der Waals surface area contributed by atoms with Crippen LogP contribution in [0.4, 0.5) is 0 Å². The highest BCUT2D eigenvalue weighted by Gasteiger charge is 2.24. The topological polar surface area (TPSA) is 102 Å². The lowest BCUT2D eigenvalue weighted by Gasteiger charge is -2.23. The molecule has 6 nitrogen and oxygen atoms in total. The number of hydrogen-bond donors (Lipinski definition) is 3. The molecule has 24 heavy (non-hydrogen) atoms. The average molecular weight is 336 g/mol. The Morgan fingerprint density at radius 3 is 2.33 bits per heavy atom. The summed E-state index contributed by atoms with van der Waals surface area (Å²) in [6.07, 6.45) is 1.35. The van der Waals surface area contributed by atoms with Gasteiger partial charge in [0.1, 0.15) is 11.4 Å². The minimum atomic E-state index is -0.541. The highest BCUT2D eigenvalue weighted by molar-refractivity contribution is 5.77. The van der Waals surface area contributed by atoms with Crippen LogP contribution in [0.25, 0.3) is 0 Å². The number of rotatable bonds is 7. The van der Waals surface area contributed by atoms with E-state index in [1.807, 2.05) is 32.9 Å². The van der Waals surface area contributed by atoms with E-state index >= 15 is 0 Å². The largest absolute Gasteiger partial charge is 0.508 e. The van der Waals surface area contributed by atoms with Crippen molar-refractivity contribution in [2.45, 2.75) is 52.6 Å². The SMILES string of the molecule is C[C@@H](C[C@@H](CC(=O)OC(C)(C)C)Cc1ccc(O)cc1)C(=O)NN. The lowest BCUT2D eigenvalue weighted by Crippen LogP contribution is -2.36. The fraction of sp³-hybridized carbons (Fsp3) is 0.556. The van der Waals surface area contributed by atoms with Crippen LogP contribution in [-0.4, -0.2) is 22.6 Å². The molecule has 134 valence electrons. The second-order valence-electron chi connectivity index (χ2n) is 7.17. The zero-order chi connectivity index (χ0) is 18.3. The first-order valence-corrected chi connectivity index (χ1v) is 8.11. The van der Waals surface area contributed by atoms with E-state index in [1.165, 1.54) is 0 Å². The molecule has 4 N–H and O–H groups in total. The Hall–Kier alpha value is -2.08. The van der Waals surface area contributed by atoms with E-state index in [9.17, 15) is 14.7 Å². The van der Waals surface area contributed by atoms with Gasteiger partial charge in [0.25, 0.3) is 0 Å². The van der Waals surface area contributed by atoms with Gasteiger partial charge < -0.3 is 9.84 Å². The molecule has 0 aliphatic rings. The molecule has 0 heterocycles. The number of esters is 1. The van der Waals surface area contributed by atoms with Crippen LogP contribution in [0.1, 0.15) is 46.1 Å². The lowest BCUT2D eigenvalue weighted by atomic mass is 9.87. The van der Waals surface area contributed by atoms with Gasteiger partial charge in [-0.3, -0.25) is 15.0 Å². The van der Waals surface area contributed by atoms with Crippen LogP contribution in [-0.2, 0) is 20.7 Å². The van der Waals surface area contributed by atoms with Crippen molar-refractivity contribution in [3.8, 4) is 5.75 Å². The fourth-order valence-electron chi connectivity index (χ4n) is 2.57. The lowest BCUT2D eigenvalue weighted by molar-refractivity contribution is -0.156. The molecule has 0 saturated heterocycles. The number of carbonyl (C=O) groups excluding carboxylic acids is 2. The number of hydrazine groups is 1. The summed E-state index contributed by atoms with van der Waals surface area (Å²) < 4.78 is 5.39. The number of nitrogens with one attached hydrogen (secondary N) is 1. The molecule has 0 aromatic heterocycles. The Morgan fingerprint density at radius 1 is 1.25 bits per heavy atom. The van der Waals surface area contributed by atoms with Gasteiger partial charge in [0.05, 0.1) is 0 Å². The third-order valence-electron chi connectivity index (χ3n) is 3.61. The van der Waals surface area contributed by atoms with E-state index in [0.29, 0.717) is 12.8 Å². The summed E-state index contributed by atoms with van der Waals surface area (Å²) in [5.74, 6) is 4.47. The number of ether oxygens (including phenoxy) is 1. The molecule has 6 heteroatoms. The third kappa shape index (κ3) is 7.46. The van der Waals surface area contributed by atoms with Crippen molar-refractivity contribution in [2.24, 2.45) is 17.7 Å². The minimum absolute atomic E-state index is 0.0586. The van der Waals surface area contributed by atoms with Gasteiger partial charge in [-0.05, 0) is 57.2 Å². The summed E-state index contributed by atoms with van der Waals surface area (Å²) in [5.41, 5.74) is 2.59. The van der Waals surface area contributed by atoms with Crippen molar-refractivity contribution >= 4 is 11.9 Å². The Morgan fingerprint density at radius 2 is 1.83 bits per heavy atom. The van der Waals surface area contributed by atoms with Crippen LogP contribution in [0, 0.1) is 11.8 Å². The van der Waals surface area contributed by atoms with Crippen LogP contribution in [0.5, 0.6) is 5.75 Å². The van der Waals surface area contributed by atoms with Gasteiger partial charge in [-0.15, -0.1) is 0 Å². The summed E-state index contributed by atoms with van der Waals surface area (Å²) in [7, 11) is 0. The zero-order valence-corrected chi connectivity index (χ0v) is 14.8. The first-order valence-electron chi connectivity index (χ1n) is 8.11. The molecular formula is C18H28N2O4. The van der Waals surface area contributed by atoms with Gasteiger partial charge in [-0.1, -0.05) is 19.1 Å². The molecule has 1 aromatic carbocycles. The number of carbonyl (C=O) groups is 2. The Labute approximate surface area is 143 Å². The number of amides is 1. The van der Waals surface area contributed by atoms with E-state index in [0.717, 1.165) is 5.56 Å². The molecule has 0 fully saturated rings. The molecule has 2 atom stereocenters. The summed E-state index contributed by atoms with van der Waals surface area (Å²) in [4.78, 5) is 23.8. The van der Waals surface area contributed by atoms with Gasteiger partial charge in [0.15, 0.2) is 0 Å². The second kappa shape index (κ2) is 8.68. The molecule has 0 radical (unpaired) electrons. The number of phenols is 1. The predicted molar refractivity (Wildman–Crippen MR) is 91.9 cm³/mol. The fourth-order valence-corrected chi connectivity index (χ4v) is 2.57. The molecule has 0 saturated carbocycles. The Balaban J connectivity index is 2.79. The highest BCUT2D eigenvalue weighted by Crippen LogP contribution is 2.24. The highest BCUT2D eigenvalue weighted by atomic mass is 16.6. The molecule has 1 amide bonds. The van der Waals surface area contributed by atoms with Crippen molar-refractivity contribution in [3.63, 3.8) is 0 Å². The monoisotopic (exact) mass is 336 g/mol. The van der Waals surface area contributed by atoms with Gasteiger partial charge in [0, 0.05) is 12.3 Å². The van der Waals surface area contributed by atoms with Gasteiger partial charge in [-0.2, -0.15) is 0 Å². The van der Waals surface area contributed by atoms with Crippen molar-refractivity contribution in [2.75, 3.05) is 0 Å². The summed E-state index contributed by atoms with van der Waals surface area (Å²) >= 11 is 0. The molecule has 1 aromatic rings. The van der Waals surface area contributed by atoms with Crippen LogP contribution in [0.2, 0.25) is 0 Å². The van der Waals surface area contributed by atoms with Gasteiger partial charge >= 0.3 is 5.97 Å². The number of benzene rings is 1. The zero-order valence-electron chi connectivity index (χ0n) is 14.8. The smallest absolute Gasteiger partial charge is 0.306 e. The predicted octanol–water partition coefficient (Wildman–Crippen LogP) is 2.30. The van der Waals surface area contributed by atoms with Crippen molar-refractivity contribution < 1.29 is 19.4 Å². The van der Waals surface area contributed by atoms with Crippen LogP contribution in [0.15, 0.2) is 24.3 Å². The molecule has 0 spiro atoms. The average Bonchev–Trinajstić information content (AvgIpc) is 2.46. The standard InChI is InChI=1S/C18H28N2O4/c1-12(17(23)20-19)9-14(11-16(22)24-18(2,3)4)10-13-5-7-15(21)8-6-13/h5-8,12,14,21H,9-11,19H2,1-4H3,(H,20,23)/t12-,14+/m0/s1. The molecule has 1 rings (SSSR count). The minimum Gasteiger partial charge on any atom is -0.508 e. The first-order chi connectivity index (χ1) is 11.1. The van der Waals surface area contributed by atoms with Crippen molar-refractivity contribution in [1.82, 2.24) is 5.43 Å². The summed E-state index contributed by atoms with van der Waals surface area (Å²) in [5, 5.41) is 9.37. The van der Waals surface area contributed by atoms with Crippen LogP contribution >= 0.6 is 0 Å². The van der Waals surface area contributed by atoms with E-state index in [-0.39, 0.29) is 35.9 Å². The first kappa shape index (κ1) is 20.0. The Bertz CT molecular complexity index is 549. The number of aromatic hydroxyl groups is 1. The third-order valence-corrected chi connectivity index (χ3v) is 3.61. The molecule has 0 aliphatic heterocycles. The Kier molecular flexibility index (Phi) is 7.22. The maximum absolute atomic E-state index is 12.1. The number of nitrogens with two attached hydrogens (primary N) is 1. The summed E-state index contributed by atoms with van der Waals surface area (Å²) in [6.45, 7) is 7.25. The molecule has 0 bridgehead atoms.